The predicted molar refractivity (Wildman–Crippen MR) is 91.3 cm³/mol. The number of non-ortho nitro benzene ring substituents is 1. The Labute approximate surface area is 145 Å². The average molecular weight is 357 g/mol. The predicted octanol–water partition coefficient (Wildman–Crippen LogP) is 1.00. The van der Waals surface area contributed by atoms with Crippen molar-refractivity contribution in [1.82, 2.24) is 16.0 Å². The van der Waals surface area contributed by atoms with Crippen LogP contribution in [0.1, 0.15) is 29.6 Å². The number of piperidine rings is 1. The third kappa shape index (κ3) is 6.13. The molecule has 1 fully saturated rings. The molecule has 0 unspecified atom stereocenters. The monoisotopic (exact) mass is 356 g/mol. The topological polar surface area (TPSA) is 113 Å². The van der Waals surface area contributed by atoms with Gasteiger partial charge in [-0.05, 0) is 31.5 Å². The van der Waals surface area contributed by atoms with E-state index in [0.717, 1.165) is 25.9 Å². The molecule has 1 aliphatic rings. The van der Waals surface area contributed by atoms with Crippen LogP contribution in [0.5, 0.6) is 0 Å². The van der Waals surface area contributed by atoms with E-state index in [2.05, 4.69) is 16.0 Å². The molecule has 0 radical (unpaired) electrons. The summed E-state index contributed by atoms with van der Waals surface area (Å²) in [4.78, 5) is 33.7. The molecular formula is C15H21ClN4O4. The van der Waals surface area contributed by atoms with Crippen LogP contribution in [0, 0.1) is 10.1 Å². The molecule has 0 spiro atoms. The molecule has 0 aliphatic carbocycles. The van der Waals surface area contributed by atoms with Gasteiger partial charge in [0.2, 0.25) is 5.91 Å². The summed E-state index contributed by atoms with van der Waals surface area (Å²) in [6.45, 7) is 1.99. The minimum atomic E-state index is -0.522. The lowest BCUT2D eigenvalue weighted by molar-refractivity contribution is -0.384. The second kappa shape index (κ2) is 9.84. The minimum Gasteiger partial charge on any atom is -0.352 e. The Morgan fingerprint density at radius 3 is 2.58 bits per heavy atom. The molecule has 1 aromatic carbocycles. The van der Waals surface area contributed by atoms with Gasteiger partial charge in [0.25, 0.3) is 11.6 Å². The quantitative estimate of drug-likeness (QED) is 0.520. The van der Waals surface area contributed by atoms with Crippen molar-refractivity contribution in [2.24, 2.45) is 0 Å². The Hall–Kier alpha value is -2.19. The molecule has 132 valence electrons. The zero-order valence-corrected chi connectivity index (χ0v) is 13.9. The first-order chi connectivity index (χ1) is 11.1. The Bertz CT molecular complexity index is 573. The van der Waals surface area contributed by atoms with Crippen LogP contribution < -0.4 is 16.0 Å². The van der Waals surface area contributed by atoms with Crippen molar-refractivity contribution in [2.45, 2.75) is 25.3 Å². The maximum absolute atomic E-state index is 11.9. The number of carbonyl (C=O) groups excluding carboxylic acids is 2. The van der Waals surface area contributed by atoms with Crippen molar-refractivity contribution < 1.29 is 14.5 Å². The van der Waals surface area contributed by atoms with Gasteiger partial charge in [0.05, 0.1) is 4.92 Å². The van der Waals surface area contributed by atoms with Crippen LogP contribution in [0.25, 0.3) is 0 Å². The number of carbonyl (C=O) groups is 2. The number of hydrogen-bond acceptors (Lipinski definition) is 5. The maximum Gasteiger partial charge on any atom is 0.269 e. The van der Waals surface area contributed by atoms with E-state index >= 15 is 0 Å². The van der Waals surface area contributed by atoms with E-state index in [-0.39, 0.29) is 48.9 Å². The molecule has 1 atom stereocenters. The van der Waals surface area contributed by atoms with Crippen LogP contribution in [0.3, 0.4) is 0 Å². The van der Waals surface area contributed by atoms with E-state index in [0.29, 0.717) is 5.56 Å². The largest absolute Gasteiger partial charge is 0.352 e. The van der Waals surface area contributed by atoms with E-state index in [4.69, 9.17) is 0 Å². The minimum absolute atomic E-state index is 0. The third-order valence-corrected chi connectivity index (χ3v) is 3.64. The fourth-order valence-electron chi connectivity index (χ4n) is 2.40. The van der Waals surface area contributed by atoms with Gasteiger partial charge < -0.3 is 16.0 Å². The SMILES string of the molecule is Cl.O=C(CCNC(=O)c1ccc([N+](=O)[O-])cc1)N[C@H]1CCCNC1. The number of amides is 2. The molecule has 2 rings (SSSR count). The first-order valence-corrected chi connectivity index (χ1v) is 7.59. The van der Waals surface area contributed by atoms with E-state index in [9.17, 15) is 19.7 Å². The first-order valence-electron chi connectivity index (χ1n) is 7.59. The van der Waals surface area contributed by atoms with Crippen molar-refractivity contribution in [3.8, 4) is 0 Å². The van der Waals surface area contributed by atoms with Crippen LogP contribution >= 0.6 is 12.4 Å². The summed E-state index contributed by atoms with van der Waals surface area (Å²) in [7, 11) is 0. The van der Waals surface area contributed by atoms with Crippen molar-refractivity contribution in [2.75, 3.05) is 19.6 Å². The molecule has 1 aliphatic heterocycles. The Morgan fingerprint density at radius 2 is 2.00 bits per heavy atom. The second-order valence-corrected chi connectivity index (χ2v) is 5.42. The number of nitrogens with zero attached hydrogens (tertiary/aromatic N) is 1. The van der Waals surface area contributed by atoms with E-state index < -0.39 is 4.92 Å². The highest BCUT2D eigenvalue weighted by Gasteiger charge is 2.15. The van der Waals surface area contributed by atoms with Gasteiger partial charge in [-0.3, -0.25) is 19.7 Å². The van der Waals surface area contributed by atoms with Gasteiger partial charge in [0.1, 0.15) is 0 Å². The summed E-state index contributed by atoms with van der Waals surface area (Å²) in [5.74, 6) is -0.449. The fraction of sp³-hybridized carbons (Fsp3) is 0.467. The lowest BCUT2D eigenvalue weighted by Gasteiger charge is -2.23. The molecule has 0 saturated carbocycles. The Balaban J connectivity index is 0.00000288. The van der Waals surface area contributed by atoms with E-state index in [1.807, 2.05) is 0 Å². The number of halogens is 1. The number of nitro groups is 1. The zero-order chi connectivity index (χ0) is 16.7. The molecule has 8 nitrogen and oxygen atoms in total. The van der Waals surface area contributed by atoms with Crippen molar-refractivity contribution >= 4 is 29.9 Å². The molecular weight excluding hydrogens is 336 g/mol. The van der Waals surface area contributed by atoms with Gasteiger partial charge in [-0.2, -0.15) is 0 Å². The van der Waals surface area contributed by atoms with Crippen LogP contribution in [0.15, 0.2) is 24.3 Å². The highest BCUT2D eigenvalue weighted by atomic mass is 35.5. The summed E-state index contributed by atoms with van der Waals surface area (Å²) >= 11 is 0. The third-order valence-electron chi connectivity index (χ3n) is 3.64. The zero-order valence-electron chi connectivity index (χ0n) is 13.1. The van der Waals surface area contributed by atoms with Crippen LogP contribution in [-0.2, 0) is 4.79 Å². The van der Waals surface area contributed by atoms with Gasteiger partial charge in [-0.15, -0.1) is 12.4 Å². The normalized spacial score (nSPS) is 16.6. The summed E-state index contributed by atoms with van der Waals surface area (Å²) in [6.07, 6.45) is 2.21. The van der Waals surface area contributed by atoms with Gasteiger partial charge >= 0.3 is 0 Å². The van der Waals surface area contributed by atoms with E-state index in [1.165, 1.54) is 24.3 Å². The number of rotatable bonds is 6. The smallest absolute Gasteiger partial charge is 0.269 e. The summed E-state index contributed by atoms with van der Waals surface area (Å²) in [5.41, 5.74) is 0.259. The standard InChI is InChI=1S/C15H20N4O4.ClH/c20-14(18-12-2-1-8-16-10-12)7-9-17-15(21)11-3-5-13(6-4-11)19(22)23;/h3-6,12,16H,1-2,7-10H2,(H,17,21)(H,18,20);1H/t12-;/m0./s1. The first kappa shape index (κ1) is 19.9. The number of nitro benzene ring substituents is 1. The summed E-state index contributed by atoms with van der Waals surface area (Å²) < 4.78 is 0. The molecule has 24 heavy (non-hydrogen) atoms. The van der Waals surface area contributed by atoms with E-state index in [1.54, 1.807) is 0 Å². The van der Waals surface area contributed by atoms with Gasteiger partial charge in [-0.1, -0.05) is 0 Å². The molecule has 1 aromatic rings. The van der Waals surface area contributed by atoms with Crippen LogP contribution in [-0.4, -0.2) is 42.4 Å². The molecule has 0 bridgehead atoms. The summed E-state index contributed by atoms with van der Waals surface area (Å²) in [6, 6.07) is 5.49. The van der Waals surface area contributed by atoms with Gasteiger partial charge in [-0.25, -0.2) is 0 Å². The second-order valence-electron chi connectivity index (χ2n) is 5.42. The maximum atomic E-state index is 11.9. The number of nitrogens with one attached hydrogen (secondary N) is 3. The molecule has 9 heteroatoms. The Morgan fingerprint density at radius 1 is 1.29 bits per heavy atom. The highest BCUT2D eigenvalue weighted by molar-refractivity contribution is 5.94. The lowest BCUT2D eigenvalue weighted by atomic mass is 10.1. The lowest BCUT2D eigenvalue weighted by Crippen LogP contribution is -2.46. The molecule has 1 heterocycles. The van der Waals surface area contributed by atoms with Crippen molar-refractivity contribution in [3.05, 3.63) is 39.9 Å². The van der Waals surface area contributed by atoms with Crippen molar-refractivity contribution in [3.63, 3.8) is 0 Å². The number of benzene rings is 1. The Kier molecular flexibility index (Phi) is 8.14. The number of hydrogen-bond donors (Lipinski definition) is 3. The van der Waals surface area contributed by atoms with Crippen LogP contribution in [0.2, 0.25) is 0 Å². The van der Waals surface area contributed by atoms with Gasteiger partial charge in [0.15, 0.2) is 0 Å². The molecule has 2 amide bonds. The summed E-state index contributed by atoms with van der Waals surface area (Å²) in [5, 5.41) is 19.3. The molecule has 3 N–H and O–H groups in total. The highest BCUT2D eigenvalue weighted by Crippen LogP contribution is 2.11. The molecule has 0 aromatic heterocycles. The van der Waals surface area contributed by atoms with Crippen molar-refractivity contribution in [1.29, 1.82) is 0 Å². The van der Waals surface area contributed by atoms with Crippen LogP contribution in [0.4, 0.5) is 5.69 Å². The molecule has 1 saturated heterocycles. The fourth-order valence-corrected chi connectivity index (χ4v) is 2.40. The average Bonchev–Trinajstić information content (AvgIpc) is 2.55. The van der Waals surface area contributed by atoms with Gasteiger partial charge in [0, 0.05) is 43.2 Å².